The first-order chi connectivity index (χ1) is 9.52. The Kier molecular flexibility index (Phi) is 4.56. The summed E-state index contributed by atoms with van der Waals surface area (Å²) in [6.45, 7) is 7.03. The summed E-state index contributed by atoms with van der Waals surface area (Å²) >= 11 is 6.12. The highest BCUT2D eigenvalue weighted by Crippen LogP contribution is 2.31. The van der Waals surface area contributed by atoms with E-state index < -0.39 is 0 Å². The number of benzene rings is 2. The van der Waals surface area contributed by atoms with E-state index in [-0.39, 0.29) is 0 Å². The predicted molar refractivity (Wildman–Crippen MR) is 86.0 cm³/mol. The van der Waals surface area contributed by atoms with Crippen LogP contribution in [0.15, 0.2) is 30.3 Å². The molecule has 0 saturated carbocycles. The Labute approximate surface area is 125 Å². The summed E-state index contributed by atoms with van der Waals surface area (Å²) in [5, 5.41) is 4.17. The summed E-state index contributed by atoms with van der Waals surface area (Å²) in [7, 11) is 1.66. The molecule has 0 spiro atoms. The molecule has 0 heterocycles. The van der Waals surface area contributed by atoms with E-state index in [1.165, 1.54) is 16.7 Å². The highest BCUT2D eigenvalue weighted by Gasteiger charge is 2.08. The Balaban J connectivity index is 2.25. The lowest BCUT2D eigenvalue weighted by Gasteiger charge is -2.15. The molecule has 0 aliphatic carbocycles. The molecular weight excluding hydrogens is 270 g/mol. The average molecular weight is 290 g/mol. The summed E-state index contributed by atoms with van der Waals surface area (Å²) < 4.78 is 5.38. The summed E-state index contributed by atoms with van der Waals surface area (Å²) in [4.78, 5) is 0. The van der Waals surface area contributed by atoms with Gasteiger partial charge >= 0.3 is 0 Å². The Bertz CT molecular complexity index is 602. The maximum atomic E-state index is 6.12. The maximum absolute atomic E-state index is 6.12. The average Bonchev–Trinajstić information content (AvgIpc) is 2.41. The second kappa shape index (κ2) is 6.19. The SMILES string of the molecule is COc1cc(Cl)c(C)cc1NCc1c(C)cccc1C. The fourth-order valence-electron chi connectivity index (χ4n) is 2.28. The van der Waals surface area contributed by atoms with Gasteiger partial charge in [0.05, 0.1) is 12.8 Å². The van der Waals surface area contributed by atoms with Crippen LogP contribution in [0.5, 0.6) is 5.75 Å². The lowest BCUT2D eigenvalue weighted by atomic mass is 10.0. The molecule has 2 rings (SSSR count). The largest absolute Gasteiger partial charge is 0.495 e. The number of aryl methyl sites for hydroxylation is 3. The van der Waals surface area contributed by atoms with Crippen molar-refractivity contribution in [3.05, 3.63) is 57.6 Å². The zero-order valence-electron chi connectivity index (χ0n) is 12.4. The summed E-state index contributed by atoms with van der Waals surface area (Å²) in [5.41, 5.74) is 5.92. The van der Waals surface area contributed by atoms with Crippen LogP contribution in [0.25, 0.3) is 0 Å². The Morgan fingerprint density at radius 1 is 1.05 bits per heavy atom. The fraction of sp³-hybridized carbons (Fsp3) is 0.294. The van der Waals surface area contributed by atoms with E-state index in [0.717, 1.165) is 28.6 Å². The number of ether oxygens (including phenoxy) is 1. The van der Waals surface area contributed by atoms with Crippen LogP contribution >= 0.6 is 11.6 Å². The van der Waals surface area contributed by atoms with Crippen molar-refractivity contribution in [2.45, 2.75) is 27.3 Å². The summed E-state index contributed by atoms with van der Waals surface area (Å²) in [6, 6.07) is 10.2. The van der Waals surface area contributed by atoms with Gasteiger partial charge in [-0.25, -0.2) is 0 Å². The molecule has 0 amide bonds. The van der Waals surface area contributed by atoms with Gasteiger partial charge in [0.15, 0.2) is 0 Å². The van der Waals surface area contributed by atoms with Crippen molar-refractivity contribution in [1.82, 2.24) is 0 Å². The molecule has 2 aromatic carbocycles. The zero-order chi connectivity index (χ0) is 14.7. The van der Waals surface area contributed by atoms with Crippen LogP contribution in [0, 0.1) is 20.8 Å². The zero-order valence-corrected chi connectivity index (χ0v) is 13.1. The van der Waals surface area contributed by atoms with Gasteiger partial charge < -0.3 is 10.1 Å². The molecule has 0 aliphatic rings. The third kappa shape index (κ3) is 3.07. The molecule has 3 heteroatoms. The van der Waals surface area contributed by atoms with Crippen molar-refractivity contribution in [3.63, 3.8) is 0 Å². The molecule has 0 radical (unpaired) electrons. The number of hydrogen-bond acceptors (Lipinski definition) is 2. The van der Waals surface area contributed by atoms with E-state index >= 15 is 0 Å². The first-order valence-electron chi connectivity index (χ1n) is 6.66. The van der Waals surface area contributed by atoms with Crippen LogP contribution < -0.4 is 10.1 Å². The number of halogens is 1. The second-order valence-corrected chi connectivity index (χ2v) is 5.43. The number of nitrogens with one attached hydrogen (secondary N) is 1. The molecule has 0 unspecified atom stereocenters. The number of rotatable bonds is 4. The van der Waals surface area contributed by atoms with Crippen LogP contribution in [0.4, 0.5) is 5.69 Å². The van der Waals surface area contributed by atoms with Crippen molar-refractivity contribution in [2.75, 3.05) is 12.4 Å². The third-order valence-corrected chi connectivity index (χ3v) is 3.99. The minimum atomic E-state index is 0.722. The van der Waals surface area contributed by atoms with Crippen molar-refractivity contribution in [2.24, 2.45) is 0 Å². The van der Waals surface area contributed by atoms with Gasteiger partial charge in [-0.15, -0.1) is 0 Å². The number of methoxy groups -OCH3 is 1. The monoisotopic (exact) mass is 289 g/mol. The quantitative estimate of drug-likeness (QED) is 0.865. The van der Waals surface area contributed by atoms with Crippen LogP contribution in [-0.2, 0) is 6.54 Å². The molecule has 0 aromatic heterocycles. The van der Waals surface area contributed by atoms with E-state index in [1.807, 2.05) is 19.1 Å². The molecule has 0 fully saturated rings. The second-order valence-electron chi connectivity index (χ2n) is 5.03. The van der Waals surface area contributed by atoms with Crippen molar-refractivity contribution < 1.29 is 4.74 Å². The molecule has 0 aliphatic heterocycles. The topological polar surface area (TPSA) is 21.3 Å². The first-order valence-corrected chi connectivity index (χ1v) is 7.04. The van der Waals surface area contributed by atoms with Gasteiger partial charge in [-0.3, -0.25) is 0 Å². The van der Waals surface area contributed by atoms with Crippen molar-refractivity contribution in [1.29, 1.82) is 0 Å². The van der Waals surface area contributed by atoms with E-state index in [1.54, 1.807) is 7.11 Å². The highest BCUT2D eigenvalue weighted by atomic mass is 35.5. The van der Waals surface area contributed by atoms with Gasteiger partial charge in [-0.2, -0.15) is 0 Å². The minimum absolute atomic E-state index is 0.722. The molecule has 0 atom stereocenters. The minimum Gasteiger partial charge on any atom is -0.495 e. The normalized spacial score (nSPS) is 10.4. The van der Waals surface area contributed by atoms with Crippen LogP contribution in [0.2, 0.25) is 5.02 Å². The number of hydrogen-bond donors (Lipinski definition) is 1. The van der Waals surface area contributed by atoms with Crippen molar-refractivity contribution >= 4 is 17.3 Å². The fourth-order valence-corrected chi connectivity index (χ4v) is 2.44. The van der Waals surface area contributed by atoms with Crippen LogP contribution in [0.1, 0.15) is 22.3 Å². The van der Waals surface area contributed by atoms with Crippen molar-refractivity contribution in [3.8, 4) is 5.75 Å². The van der Waals surface area contributed by atoms with E-state index in [4.69, 9.17) is 16.3 Å². The maximum Gasteiger partial charge on any atom is 0.143 e. The highest BCUT2D eigenvalue weighted by molar-refractivity contribution is 6.31. The van der Waals surface area contributed by atoms with Gasteiger partial charge in [-0.05, 0) is 49.1 Å². The van der Waals surface area contributed by atoms with Gasteiger partial charge in [-0.1, -0.05) is 29.8 Å². The first kappa shape index (κ1) is 14.7. The number of anilines is 1. The summed E-state index contributed by atoms with van der Waals surface area (Å²) in [5.74, 6) is 0.770. The van der Waals surface area contributed by atoms with E-state index in [0.29, 0.717) is 0 Å². The van der Waals surface area contributed by atoms with Gasteiger partial charge in [0.1, 0.15) is 5.75 Å². The standard InChI is InChI=1S/C17H20ClNO/c1-11-6-5-7-12(2)14(11)10-19-16-8-13(3)15(18)9-17(16)20-4/h5-9,19H,10H2,1-4H3. The van der Waals surface area contributed by atoms with Gasteiger partial charge in [0.25, 0.3) is 0 Å². The lowest BCUT2D eigenvalue weighted by Crippen LogP contribution is -2.05. The molecule has 20 heavy (non-hydrogen) atoms. The molecule has 0 saturated heterocycles. The van der Waals surface area contributed by atoms with Crippen LogP contribution in [-0.4, -0.2) is 7.11 Å². The summed E-state index contributed by atoms with van der Waals surface area (Å²) in [6.07, 6.45) is 0. The molecule has 1 N–H and O–H groups in total. The molecule has 106 valence electrons. The Hall–Kier alpha value is -1.67. The smallest absolute Gasteiger partial charge is 0.143 e. The van der Waals surface area contributed by atoms with E-state index in [9.17, 15) is 0 Å². The van der Waals surface area contributed by atoms with Crippen LogP contribution in [0.3, 0.4) is 0 Å². The Morgan fingerprint density at radius 2 is 1.70 bits per heavy atom. The Morgan fingerprint density at radius 3 is 2.30 bits per heavy atom. The molecule has 2 nitrogen and oxygen atoms in total. The molecule has 0 bridgehead atoms. The van der Waals surface area contributed by atoms with E-state index in [2.05, 4.69) is 37.4 Å². The molecular formula is C17H20ClNO. The third-order valence-electron chi connectivity index (χ3n) is 3.58. The molecule has 2 aromatic rings. The lowest BCUT2D eigenvalue weighted by molar-refractivity contribution is 0.416. The predicted octanol–water partition coefficient (Wildman–Crippen LogP) is 4.89. The van der Waals surface area contributed by atoms with Gasteiger partial charge in [0, 0.05) is 17.6 Å². The van der Waals surface area contributed by atoms with Gasteiger partial charge in [0.2, 0.25) is 0 Å².